The number of aromatic nitrogens is 4. The molecule has 7 heteroatoms. The Kier molecular flexibility index (Phi) is 4.79. The number of aromatic hydroxyl groups is 1. The van der Waals surface area contributed by atoms with E-state index in [1.54, 1.807) is 25.5 Å². The Morgan fingerprint density at radius 2 is 2.07 bits per heavy atom. The smallest absolute Gasteiger partial charge is 0.160 e. The monoisotopic (exact) mass is 363 g/mol. The van der Waals surface area contributed by atoms with Gasteiger partial charge in [0.2, 0.25) is 0 Å². The summed E-state index contributed by atoms with van der Waals surface area (Å²) in [6.45, 7) is 3.70. The quantitative estimate of drug-likeness (QED) is 0.732. The molecule has 0 amide bonds. The Labute approximate surface area is 157 Å². The average molecular weight is 363 g/mol. The van der Waals surface area contributed by atoms with Crippen molar-refractivity contribution >= 4 is 0 Å². The van der Waals surface area contributed by atoms with Crippen LogP contribution in [0.25, 0.3) is 11.4 Å². The molecule has 0 spiro atoms. The molecule has 0 fully saturated rings. The summed E-state index contributed by atoms with van der Waals surface area (Å²) in [5, 5.41) is 19.9. The van der Waals surface area contributed by atoms with E-state index in [1.807, 2.05) is 18.3 Å². The third-order valence-corrected chi connectivity index (χ3v) is 4.91. The van der Waals surface area contributed by atoms with Gasteiger partial charge in [-0.25, -0.2) is 9.97 Å². The van der Waals surface area contributed by atoms with Crippen LogP contribution in [0.2, 0.25) is 0 Å². The van der Waals surface area contributed by atoms with E-state index >= 15 is 0 Å². The highest BCUT2D eigenvalue weighted by Crippen LogP contribution is 2.28. The second-order valence-corrected chi connectivity index (χ2v) is 6.72. The first-order chi connectivity index (χ1) is 13.2. The lowest BCUT2D eigenvalue weighted by atomic mass is 10.0. The number of hydrogen-bond donors (Lipinski definition) is 2. The zero-order valence-electron chi connectivity index (χ0n) is 15.1. The maximum atomic E-state index is 10.4. The van der Waals surface area contributed by atoms with Crippen LogP contribution in [0.4, 0.5) is 0 Å². The highest BCUT2D eigenvalue weighted by molar-refractivity contribution is 5.53. The Balaban J connectivity index is 1.55. The first-order valence-electron chi connectivity index (χ1n) is 8.90. The van der Waals surface area contributed by atoms with Gasteiger partial charge in [-0.1, -0.05) is 0 Å². The molecule has 1 aliphatic rings. The summed E-state index contributed by atoms with van der Waals surface area (Å²) in [6, 6.07) is 3.83. The van der Waals surface area contributed by atoms with Crippen LogP contribution in [-0.2, 0) is 26.1 Å². The highest BCUT2D eigenvalue weighted by atomic mass is 16.3. The standard InChI is InChI=1S/C20H21N5O2/c1-13-19(27)17(16(12-26)9-22-13)11-25-6-4-18-15(10-25)8-23-20(24-18)14-3-2-5-21-7-14/h2-3,5,7-9,26-27H,4,6,10-12H2,1H3. The van der Waals surface area contributed by atoms with Crippen molar-refractivity contribution in [3.63, 3.8) is 0 Å². The average Bonchev–Trinajstić information content (AvgIpc) is 2.72. The molecule has 2 N–H and O–H groups in total. The summed E-state index contributed by atoms with van der Waals surface area (Å²) in [5.74, 6) is 0.857. The lowest BCUT2D eigenvalue weighted by Gasteiger charge is -2.29. The number of hydrogen-bond acceptors (Lipinski definition) is 7. The molecule has 3 aromatic rings. The molecule has 4 heterocycles. The SMILES string of the molecule is Cc1ncc(CO)c(CN2CCc3nc(-c4cccnc4)ncc3C2)c1O. The van der Waals surface area contributed by atoms with Crippen molar-refractivity contribution in [1.29, 1.82) is 0 Å². The third-order valence-electron chi connectivity index (χ3n) is 4.91. The normalized spacial score (nSPS) is 14.1. The lowest BCUT2D eigenvalue weighted by molar-refractivity contribution is 0.232. The third kappa shape index (κ3) is 3.51. The predicted octanol–water partition coefficient (Wildman–Crippen LogP) is 2.00. The molecule has 0 bridgehead atoms. The summed E-state index contributed by atoms with van der Waals surface area (Å²) in [7, 11) is 0. The van der Waals surface area contributed by atoms with Gasteiger partial charge in [0.05, 0.1) is 18.0 Å². The maximum Gasteiger partial charge on any atom is 0.160 e. The summed E-state index contributed by atoms with van der Waals surface area (Å²) < 4.78 is 0. The minimum absolute atomic E-state index is 0.141. The van der Waals surface area contributed by atoms with Gasteiger partial charge in [0.15, 0.2) is 5.82 Å². The number of aliphatic hydroxyl groups excluding tert-OH is 1. The molecule has 3 aromatic heterocycles. The van der Waals surface area contributed by atoms with Crippen LogP contribution in [0, 0.1) is 6.92 Å². The molecule has 0 unspecified atom stereocenters. The van der Waals surface area contributed by atoms with E-state index in [0.717, 1.165) is 35.3 Å². The fourth-order valence-electron chi connectivity index (χ4n) is 3.36. The number of aryl methyl sites for hydroxylation is 1. The Morgan fingerprint density at radius 1 is 1.19 bits per heavy atom. The van der Waals surface area contributed by atoms with Crippen LogP contribution in [-0.4, -0.2) is 41.6 Å². The zero-order chi connectivity index (χ0) is 18.8. The molecule has 1 aliphatic heterocycles. The minimum atomic E-state index is -0.141. The van der Waals surface area contributed by atoms with Crippen molar-refractivity contribution in [1.82, 2.24) is 24.8 Å². The predicted molar refractivity (Wildman–Crippen MR) is 99.6 cm³/mol. The number of aliphatic hydroxyl groups is 1. The van der Waals surface area contributed by atoms with Crippen LogP contribution in [0.1, 0.15) is 28.1 Å². The molecule has 0 atom stereocenters. The number of rotatable bonds is 4. The molecular formula is C20H21N5O2. The van der Waals surface area contributed by atoms with E-state index in [-0.39, 0.29) is 12.4 Å². The molecule has 138 valence electrons. The maximum absolute atomic E-state index is 10.4. The fraction of sp³-hybridized carbons (Fsp3) is 0.300. The van der Waals surface area contributed by atoms with Gasteiger partial charge in [0.25, 0.3) is 0 Å². The molecule has 4 rings (SSSR count). The molecule has 7 nitrogen and oxygen atoms in total. The van der Waals surface area contributed by atoms with Crippen molar-refractivity contribution in [2.45, 2.75) is 33.0 Å². The van der Waals surface area contributed by atoms with Crippen LogP contribution >= 0.6 is 0 Å². The van der Waals surface area contributed by atoms with Gasteiger partial charge in [0.1, 0.15) is 5.75 Å². The van der Waals surface area contributed by atoms with Crippen molar-refractivity contribution in [3.8, 4) is 17.1 Å². The van der Waals surface area contributed by atoms with Crippen molar-refractivity contribution in [2.24, 2.45) is 0 Å². The summed E-state index contributed by atoms with van der Waals surface area (Å²) >= 11 is 0. The molecule has 0 aliphatic carbocycles. The van der Waals surface area contributed by atoms with E-state index < -0.39 is 0 Å². The number of fused-ring (bicyclic) bond motifs is 1. The Hall–Kier alpha value is -2.90. The molecule has 0 aromatic carbocycles. The first-order valence-corrected chi connectivity index (χ1v) is 8.90. The van der Waals surface area contributed by atoms with E-state index in [2.05, 4.69) is 19.9 Å². The van der Waals surface area contributed by atoms with E-state index in [9.17, 15) is 10.2 Å². The molecular weight excluding hydrogens is 342 g/mol. The topological polar surface area (TPSA) is 95.3 Å². The van der Waals surface area contributed by atoms with Crippen molar-refractivity contribution in [2.75, 3.05) is 6.54 Å². The van der Waals surface area contributed by atoms with Crippen molar-refractivity contribution in [3.05, 3.63) is 65.0 Å². The highest BCUT2D eigenvalue weighted by Gasteiger charge is 2.21. The van der Waals surface area contributed by atoms with Gasteiger partial charge in [-0.3, -0.25) is 14.9 Å². The Morgan fingerprint density at radius 3 is 2.85 bits per heavy atom. The number of nitrogens with zero attached hydrogens (tertiary/aromatic N) is 5. The largest absolute Gasteiger partial charge is 0.506 e. The van der Waals surface area contributed by atoms with Gasteiger partial charge in [-0.05, 0) is 19.1 Å². The van der Waals surface area contributed by atoms with Gasteiger partial charge in [0, 0.05) is 73.1 Å². The van der Waals surface area contributed by atoms with Crippen LogP contribution in [0.15, 0.2) is 36.9 Å². The Bertz CT molecular complexity index is 962. The lowest BCUT2D eigenvalue weighted by Crippen LogP contribution is -2.31. The second kappa shape index (κ2) is 7.38. The van der Waals surface area contributed by atoms with Crippen LogP contribution < -0.4 is 0 Å². The van der Waals surface area contributed by atoms with Gasteiger partial charge < -0.3 is 10.2 Å². The van der Waals surface area contributed by atoms with Crippen LogP contribution in [0.5, 0.6) is 5.75 Å². The van der Waals surface area contributed by atoms with Gasteiger partial charge in [-0.2, -0.15) is 0 Å². The van der Waals surface area contributed by atoms with Crippen molar-refractivity contribution < 1.29 is 10.2 Å². The zero-order valence-corrected chi connectivity index (χ0v) is 15.1. The molecule has 27 heavy (non-hydrogen) atoms. The second-order valence-electron chi connectivity index (χ2n) is 6.72. The van der Waals surface area contributed by atoms with E-state index in [0.29, 0.717) is 30.2 Å². The van der Waals surface area contributed by atoms with E-state index in [1.165, 1.54) is 0 Å². The van der Waals surface area contributed by atoms with Crippen LogP contribution in [0.3, 0.4) is 0 Å². The molecule has 0 radical (unpaired) electrons. The number of pyridine rings is 2. The van der Waals surface area contributed by atoms with Gasteiger partial charge >= 0.3 is 0 Å². The fourth-order valence-corrected chi connectivity index (χ4v) is 3.36. The van der Waals surface area contributed by atoms with E-state index in [4.69, 9.17) is 4.98 Å². The molecule has 0 saturated heterocycles. The summed E-state index contributed by atoms with van der Waals surface area (Å²) in [5.41, 5.74) is 5.02. The minimum Gasteiger partial charge on any atom is -0.506 e. The molecule has 0 saturated carbocycles. The van der Waals surface area contributed by atoms with Gasteiger partial charge in [-0.15, -0.1) is 0 Å². The summed E-state index contributed by atoms with van der Waals surface area (Å²) in [4.78, 5) is 19.7. The summed E-state index contributed by atoms with van der Waals surface area (Å²) in [6.07, 6.45) is 7.82. The first kappa shape index (κ1) is 17.5.